The topological polar surface area (TPSA) is 19.9 Å². The summed E-state index contributed by atoms with van der Waals surface area (Å²) >= 11 is 26.4. The Kier molecular flexibility index (Phi) is 3.91. The Morgan fingerprint density at radius 2 is 1.50 bits per heavy atom. The van der Waals surface area contributed by atoms with Crippen LogP contribution in [0.5, 0.6) is 0 Å². The van der Waals surface area contributed by atoms with Gasteiger partial charge in [0.1, 0.15) is 0 Å². The van der Waals surface area contributed by atoms with Crippen LogP contribution in [0, 0.1) is 0 Å². The van der Waals surface area contributed by atoms with Gasteiger partial charge in [-0.1, -0.05) is 46.4 Å². The predicted octanol–water partition coefficient (Wildman–Crippen LogP) is 3.35. The first kappa shape index (κ1) is 11.4. The number of hydrogen-bond donors (Lipinski definition) is 0. The maximum Gasteiger partial charge on any atom is 0.284 e. The first-order valence-electron chi connectivity index (χ1n) is 2.29. The molecule has 0 aromatic carbocycles. The molecule has 0 bridgehead atoms. The Bertz CT molecular complexity index is 115. The number of halogens is 5. The molecule has 1 radical (unpaired) electrons. The highest BCUT2D eigenvalue weighted by molar-refractivity contribution is 6.63. The van der Waals surface area contributed by atoms with Gasteiger partial charge in [-0.05, 0) is 6.92 Å². The molecule has 1 nitrogen and oxygen atoms in total. The van der Waals surface area contributed by atoms with Crippen LogP contribution >= 0.6 is 58.0 Å². The fourth-order valence-electron chi connectivity index (χ4n) is 0.232. The summed E-state index contributed by atoms with van der Waals surface area (Å²) in [6, 6.07) is 0. The van der Waals surface area contributed by atoms with E-state index in [9.17, 15) is 5.11 Å². The van der Waals surface area contributed by atoms with Crippen LogP contribution in [0.15, 0.2) is 0 Å². The lowest BCUT2D eigenvalue weighted by Crippen LogP contribution is -2.41. The second kappa shape index (κ2) is 3.42. The summed E-state index contributed by atoms with van der Waals surface area (Å²) in [5, 5.41) is 9.93. The molecule has 0 aliphatic rings. The second-order valence-corrected chi connectivity index (χ2v) is 5.05. The molecule has 0 fully saturated rings. The van der Waals surface area contributed by atoms with Gasteiger partial charge < -0.3 is 0 Å². The fraction of sp³-hybridized carbons (Fsp3) is 1.00. The van der Waals surface area contributed by atoms with E-state index in [1.807, 2.05) is 0 Å². The van der Waals surface area contributed by atoms with E-state index in [4.69, 9.17) is 58.0 Å². The van der Waals surface area contributed by atoms with Crippen LogP contribution in [0.3, 0.4) is 0 Å². The van der Waals surface area contributed by atoms with Gasteiger partial charge in [0.2, 0.25) is 0 Å². The quantitative estimate of drug-likeness (QED) is 0.665. The highest BCUT2D eigenvalue weighted by Gasteiger charge is 2.51. The first-order valence-corrected chi connectivity index (χ1v) is 4.24. The Labute approximate surface area is 84.1 Å². The van der Waals surface area contributed by atoms with Crippen molar-refractivity contribution >= 4 is 58.0 Å². The molecule has 0 saturated heterocycles. The molecular formula is C4H4Cl5O. The summed E-state index contributed by atoms with van der Waals surface area (Å²) in [4.78, 5) is 0. The molecule has 0 rings (SSSR count). The summed E-state index contributed by atoms with van der Waals surface area (Å²) in [6.45, 7) is 1.43. The first-order chi connectivity index (χ1) is 4.19. The van der Waals surface area contributed by atoms with Crippen LogP contribution in [0.4, 0.5) is 0 Å². The molecule has 0 heterocycles. The molecule has 61 valence electrons. The van der Waals surface area contributed by atoms with Crippen molar-refractivity contribution in [2.75, 3.05) is 0 Å². The van der Waals surface area contributed by atoms with Gasteiger partial charge in [0.15, 0.2) is 4.33 Å². The van der Waals surface area contributed by atoms with Gasteiger partial charge in [-0.25, -0.2) is 0 Å². The number of rotatable bonds is 2. The maximum atomic E-state index is 10.7. The van der Waals surface area contributed by atoms with Crippen molar-refractivity contribution < 1.29 is 5.11 Å². The molecule has 1 atom stereocenters. The van der Waals surface area contributed by atoms with E-state index in [1.165, 1.54) is 6.92 Å². The van der Waals surface area contributed by atoms with Gasteiger partial charge in [-0.3, -0.25) is 0 Å². The average molecular weight is 245 g/mol. The smallest absolute Gasteiger partial charge is 0.190 e. The largest absolute Gasteiger partial charge is 0.284 e. The summed E-state index contributed by atoms with van der Waals surface area (Å²) in [5.41, 5.74) is 0. The molecule has 0 aromatic rings. The van der Waals surface area contributed by atoms with Gasteiger partial charge in [-0.15, -0.1) is 11.6 Å². The van der Waals surface area contributed by atoms with Crippen molar-refractivity contribution in [1.29, 1.82) is 0 Å². The van der Waals surface area contributed by atoms with Crippen LogP contribution < -0.4 is 0 Å². The van der Waals surface area contributed by atoms with Crippen molar-refractivity contribution in [1.82, 2.24) is 0 Å². The van der Waals surface area contributed by atoms with Crippen LogP contribution in [0.25, 0.3) is 0 Å². The van der Waals surface area contributed by atoms with Crippen LogP contribution in [-0.4, -0.2) is 14.2 Å². The van der Waals surface area contributed by atoms with Gasteiger partial charge in [0, 0.05) is 0 Å². The minimum atomic E-state index is -2.49. The molecule has 0 saturated carbocycles. The van der Waals surface area contributed by atoms with E-state index < -0.39 is 14.2 Å². The molecule has 10 heavy (non-hydrogen) atoms. The van der Waals surface area contributed by atoms with E-state index in [2.05, 4.69) is 0 Å². The predicted molar refractivity (Wildman–Crippen MR) is 44.9 cm³/mol. The normalized spacial score (nSPS) is 17.1. The maximum absolute atomic E-state index is 10.7. The van der Waals surface area contributed by atoms with Crippen molar-refractivity contribution in [3.05, 3.63) is 0 Å². The lowest BCUT2D eigenvalue weighted by atomic mass is 10.3. The molecule has 0 N–H and O–H groups in total. The summed E-state index contributed by atoms with van der Waals surface area (Å²) in [5.74, 6) is 0. The third kappa shape index (κ3) is 2.47. The zero-order chi connectivity index (χ0) is 8.58. The molecule has 0 amide bonds. The van der Waals surface area contributed by atoms with Crippen LogP contribution in [0.1, 0.15) is 6.92 Å². The molecule has 6 heteroatoms. The number of alkyl halides is 5. The van der Waals surface area contributed by atoms with Crippen molar-refractivity contribution in [3.63, 3.8) is 0 Å². The monoisotopic (exact) mass is 243 g/mol. The SMILES string of the molecule is CC(Cl)C(Cl)(Cl)C([O])(Cl)Cl. The van der Waals surface area contributed by atoms with Crippen LogP contribution in [0.2, 0.25) is 0 Å². The van der Waals surface area contributed by atoms with E-state index in [1.54, 1.807) is 0 Å². The number of hydrogen-bond acceptors (Lipinski definition) is 0. The van der Waals surface area contributed by atoms with Gasteiger partial charge >= 0.3 is 0 Å². The van der Waals surface area contributed by atoms with Crippen molar-refractivity contribution in [2.24, 2.45) is 0 Å². The second-order valence-electron chi connectivity index (χ2n) is 1.76. The third-order valence-electron chi connectivity index (χ3n) is 0.888. The highest BCUT2D eigenvalue weighted by atomic mass is 35.5. The van der Waals surface area contributed by atoms with Gasteiger partial charge in [-0.2, -0.15) is 5.11 Å². The third-order valence-corrected chi connectivity index (χ3v) is 3.61. The molecule has 0 aliphatic carbocycles. The van der Waals surface area contributed by atoms with E-state index in [-0.39, 0.29) is 0 Å². The van der Waals surface area contributed by atoms with Crippen LogP contribution in [-0.2, 0) is 5.11 Å². The Morgan fingerprint density at radius 3 is 1.50 bits per heavy atom. The summed E-state index contributed by atoms with van der Waals surface area (Å²) < 4.78 is -4.37. The molecule has 0 aromatic heterocycles. The Balaban J connectivity index is 4.40. The highest BCUT2D eigenvalue weighted by Crippen LogP contribution is 2.45. The Morgan fingerprint density at radius 1 is 1.20 bits per heavy atom. The Hall–Kier alpha value is 1.41. The fourth-order valence-corrected chi connectivity index (χ4v) is 0.824. The van der Waals surface area contributed by atoms with E-state index in [0.29, 0.717) is 0 Å². The van der Waals surface area contributed by atoms with E-state index in [0.717, 1.165) is 0 Å². The van der Waals surface area contributed by atoms with E-state index >= 15 is 0 Å². The summed E-state index contributed by atoms with van der Waals surface area (Å²) in [6.07, 6.45) is 0. The summed E-state index contributed by atoms with van der Waals surface area (Å²) in [7, 11) is 0. The molecular weight excluding hydrogens is 241 g/mol. The minimum Gasteiger partial charge on any atom is -0.190 e. The molecule has 0 spiro atoms. The standard InChI is InChI=1S/C4H4Cl5O/c1-2(5)3(6,7)4(8,9)10/h2H,1H3. The minimum absolute atomic E-state index is 0.816. The molecule has 1 unspecified atom stereocenters. The average Bonchev–Trinajstić information content (AvgIpc) is 1.62. The lowest BCUT2D eigenvalue weighted by Gasteiger charge is -2.27. The van der Waals surface area contributed by atoms with Crippen molar-refractivity contribution in [3.8, 4) is 0 Å². The zero-order valence-electron chi connectivity index (χ0n) is 4.88. The van der Waals surface area contributed by atoms with Gasteiger partial charge in [0.25, 0.3) is 4.52 Å². The molecule has 0 aliphatic heterocycles. The van der Waals surface area contributed by atoms with Crippen molar-refractivity contribution in [2.45, 2.75) is 21.2 Å². The van der Waals surface area contributed by atoms with Gasteiger partial charge in [0.05, 0.1) is 5.38 Å². The lowest BCUT2D eigenvalue weighted by molar-refractivity contribution is 0.105. The zero-order valence-corrected chi connectivity index (χ0v) is 8.66.